The van der Waals surface area contributed by atoms with Gasteiger partial charge in [-0.25, -0.2) is 0 Å². The zero-order valence-corrected chi connectivity index (χ0v) is 8.76. The maximum absolute atomic E-state index is 8.95. The monoisotopic (exact) mass is 276 g/mol. The lowest BCUT2D eigenvalue weighted by molar-refractivity contribution is 0.475. The fraction of sp³-hybridized carbons (Fsp3) is 0. The van der Waals surface area contributed by atoms with Crippen LogP contribution in [0.25, 0.3) is 6.08 Å². The molecular formula is C8H6Br2O. The van der Waals surface area contributed by atoms with Gasteiger partial charge >= 0.3 is 0 Å². The van der Waals surface area contributed by atoms with Crippen LogP contribution in [-0.2, 0) is 0 Å². The lowest BCUT2D eigenvalue weighted by Gasteiger charge is -1.93. The van der Waals surface area contributed by atoms with E-state index in [4.69, 9.17) is 5.11 Å². The highest BCUT2D eigenvalue weighted by Crippen LogP contribution is 2.19. The zero-order valence-electron chi connectivity index (χ0n) is 5.59. The topological polar surface area (TPSA) is 20.2 Å². The van der Waals surface area contributed by atoms with Crippen LogP contribution < -0.4 is 0 Å². The molecule has 0 aromatic heterocycles. The van der Waals surface area contributed by atoms with Crippen molar-refractivity contribution in [1.82, 2.24) is 0 Å². The van der Waals surface area contributed by atoms with Crippen molar-refractivity contribution in [3.8, 4) is 5.75 Å². The lowest BCUT2D eigenvalue weighted by Crippen LogP contribution is -1.69. The third-order valence-electron chi connectivity index (χ3n) is 1.17. The number of hydrogen-bond donors (Lipinski definition) is 1. The molecule has 0 fully saturated rings. The molecule has 0 heterocycles. The van der Waals surface area contributed by atoms with Gasteiger partial charge in [0.15, 0.2) is 0 Å². The second-order valence-corrected chi connectivity index (χ2v) is 4.80. The molecule has 0 unspecified atom stereocenters. The van der Waals surface area contributed by atoms with Crippen molar-refractivity contribution in [2.75, 3.05) is 0 Å². The minimum Gasteiger partial charge on any atom is -0.508 e. The van der Waals surface area contributed by atoms with Gasteiger partial charge in [-0.15, -0.1) is 0 Å². The van der Waals surface area contributed by atoms with Crippen LogP contribution in [0.5, 0.6) is 5.75 Å². The smallest absolute Gasteiger partial charge is 0.115 e. The van der Waals surface area contributed by atoms with Crippen LogP contribution in [0.3, 0.4) is 0 Å². The third kappa shape index (κ3) is 3.08. The third-order valence-corrected chi connectivity index (χ3v) is 1.63. The van der Waals surface area contributed by atoms with E-state index < -0.39 is 0 Å². The Balaban J connectivity index is 2.91. The quantitative estimate of drug-likeness (QED) is 0.833. The predicted molar refractivity (Wildman–Crippen MR) is 53.9 cm³/mol. The Labute approximate surface area is 82.0 Å². The van der Waals surface area contributed by atoms with Gasteiger partial charge < -0.3 is 5.11 Å². The normalized spacial score (nSPS) is 9.27. The lowest BCUT2D eigenvalue weighted by atomic mass is 10.2. The van der Waals surface area contributed by atoms with E-state index in [-0.39, 0.29) is 5.75 Å². The number of phenols is 1. The Hall–Kier alpha value is -0.280. The van der Waals surface area contributed by atoms with Crippen LogP contribution in [0, 0.1) is 0 Å². The molecule has 3 heteroatoms. The van der Waals surface area contributed by atoms with Crippen molar-refractivity contribution in [2.45, 2.75) is 0 Å². The molecule has 0 aliphatic heterocycles. The Morgan fingerprint density at radius 2 is 1.73 bits per heavy atom. The molecule has 0 saturated heterocycles. The van der Waals surface area contributed by atoms with Crippen molar-refractivity contribution in [1.29, 1.82) is 0 Å². The number of hydrogen-bond acceptors (Lipinski definition) is 1. The van der Waals surface area contributed by atoms with Crippen molar-refractivity contribution in [3.05, 3.63) is 33.2 Å². The Kier molecular flexibility index (Phi) is 3.15. The number of benzene rings is 1. The summed E-state index contributed by atoms with van der Waals surface area (Å²) in [5.41, 5.74) is 1.03. The summed E-state index contributed by atoms with van der Waals surface area (Å²) in [7, 11) is 0. The number of phenolic OH excluding ortho intramolecular Hbond substituents is 1. The van der Waals surface area contributed by atoms with Gasteiger partial charge in [0.25, 0.3) is 0 Å². The summed E-state index contributed by atoms with van der Waals surface area (Å²) in [4.78, 5) is 0. The molecule has 0 spiro atoms. The van der Waals surface area contributed by atoms with Gasteiger partial charge in [-0.05, 0) is 55.6 Å². The molecule has 1 nitrogen and oxygen atoms in total. The van der Waals surface area contributed by atoms with Gasteiger partial charge in [-0.1, -0.05) is 12.1 Å². The molecule has 0 saturated carbocycles. The summed E-state index contributed by atoms with van der Waals surface area (Å²) < 4.78 is 0.885. The van der Waals surface area contributed by atoms with E-state index in [9.17, 15) is 0 Å². The van der Waals surface area contributed by atoms with Crippen LogP contribution in [0.2, 0.25) is 0 Å². The number of aromatic hydroxyl groups is 1. The molecular weight excluding hydrogens is 272 g/mol. The zero-order chi connectivity index (χ0) is 8.27. The molecule has 0 amide bonds. The molecule has 1 aromatic carbocycles. The van der Waals surface area contributed by atoms with E-state index in [0.717, 1.165) is 8.96 Å². The van der Waals surface area contributed by atoms with Crippen LogP contribution >= 0.6 is 31.9 Å². The molecule has 58 valence electrons. The molecule has 1 aromatic rings. The SMILES string of the molecule is Oc1ccc(C=C(Br)Br)cc1. The average molecular weight is 278 g/mol. The van der Waals surface area contributed by atoms with Crippen LogP contribution in [0.1, 0.15) is 5.56 Å². The maximum atomic E-state index is 8.95. The van der Waals surface area contributed by atoms with Crippen molar-refractivity contribution < 1.29 is 5.11 Å². The van der Waals surface area contributed by atoms with E-state index in [1.54, 1.807) is 12.1 Å². The predicted octanol–water partition coefficient (Wildman–Crippen LogP) is 3.48. The van der Waals surface area contributed by atoms with Crippen LogP contribution in [0.15, 0.2) is 27.7 Å². The highest BCUT2D eigenvalue weighted by Gasteiger charge is 1.89. The minimum absolute atomic E-state index is 0.285. The molecule has 0 atom stereocenters. The Morgan fingerprint density at radius 3 is 2.18 bits per heavy atom. The van der Waals surface area contributed by atoms with Crippen LogP contribution in [-0.4, -0.2) is 5.11 Å². The highest BCUT2D eigenvalue weighted by atomic mass is 79.9. The molecule has 1 N–H and O–H groups in total. The first-order valence-electron chi connectivity index (χ1n) is 3.00. The summed E-state index contributed by atoms with van der Waals surface area (Å²) in [6, 6.07) is 6.96. The van der Waals surface area contributed by atoms with E-state index in [1.165, 1.54) is 0 Å². The van der Waals surface area contributed by atoms with Crippen molar-refractivity contribution in [3.63, 3.8) is 0 Å². The maximum Gasteiger partial charge on any atom is 0.115 e. The number of halogens is 2. The van der Waals surface area contributed by atoms with E-state index in [0.29, 0.717) is 0 Å². The fourth-order valence-corrected chi connectivity index (χ4v) is 1.23. The van der Waals surface area contributed by atoms with Gasteiger partial charge in [0.1, 0.15) is 5.75 Å². The summed E-state index contributed by atoms with van der Waals surface area (Å²) in [6.07, 6.45) is 1.90. The van der Waals surface area contributed by atoms with E-state index >= 15 is 0 Å². The molecule has 1 rings (SSSR count). The fourth-order valence-electron chi connectivity index (χ4n) is 0.697. The van der Waals surface area contributed by atoms with Crippen molar-refractivity contribution >= 4 is 37.9 Å². The second-order valence-electron chi connectivity index (χ2n) is 2.03. The van der Waals surface area contributed by atoms with E-state index in [1.807, 2.05) is 18.2 Å². The Bertz CT molecular complexity index is 260. The summed E-state index contributed by atoms with van der Waals surface area (Å²) >= 11 is 6.49. The number of rotatable bonds is 1. The first-order chi connectivity index (χ1) is 5.18. The van der Waals surface area contributed by atoms with Gasteiger partial charge in [-0.3, -0.25) is 0 Å². The average Bonchev–Trinajstić information content (AvgIpc) is 1.93. The minimum atomic E-state index is 0.285. The van der Waals surface area contributed by atoms with Gasteiger partial charge in [0.2, 0.25) is 0 Å². The molecule has 0 radical (unpaired) electrons. The largest absolute Gasteiger partial charge is 0.508 e. The van der Waals surface area contributed by atoms with Crippen LogP contribution in [0.4, 0.5) is 0 Å². The highest BCUT2D eigenvalue weighted by molar-refractivity contribution is 9.28. The standard InChI is InChI=1S/C8H6Br2O/c9-8(10)5-6-1-3-7(11)4-2-6/h1-5,11H. The molecule has 0 bridgehead atoms. The molecule has 0 aliphatic rings. The summed E-state index contributed by atoms with van der Waals surface area (Å²) in [5.74, 6) is 0.285. The summed E-state index contributed by atoms with van der Waals surface area (Å²) in [5, 5.41) is 8.95. The Morgan fingerprint density at radius 1 is 1.18 bits per heavy atom. The molecule has 0 aliphatic carbocycles. The summed E-state index contributed by atoms with van der Waals surface area (Å²) in [6.45, 7) is 0. The van der Waals surface area contributed by atoms with Gasteiger partial charge in [-0.2, -0.15) is 0 Å². The van der Waals surface area contributed by atoms with Gasteiger partial charge in [0, 0.05) is 0 Å². The molecule has 11 heavy (non-hydrogen) atoms. The van der Waals surface area contributed by atoms with Gasteiger partial charge in [0.05, 0.1) is 3.39 Å². The first kappa shape index (κ1) is 8.81. The van der Waals surface area contributed by atoms with E-state index in [2.05, 4.69) is 31.9 Å². The first-order valence-corrected chi connectivity index (χ1v) is 4.59. The second kappa shape index (κ2) is 3.93. The van der Waals surface area contributed by atoms with Crippen molar-refractivity contribution in [2.24, 2.45) is 0 Å².